The second-order valence-corrected chi connectivity index (χ2v) is 8.74. The Hall–Kier alpha value is -1.96. The Labute approximate surface area is 163 Å². The van der Waals surface area contributed by atoms with Crippen molar-refractivity contribution < 1.29 is 13.7 Å². The average Bonchev–Trinajstić information content (AvgIpc) is 3.29. The van der Waals surface area contributed by atoms with Gasteiger partial charge >= 0.3 is 7.12 Å². The molecule has 0 amide bonds. The molecule has 7 heteroatoms. The fourth-order valence-corrected chi connectivity index (χ4v) is 3.89. The summed E-state index contributed by atoms with van der Waals surface area (Å²) in [6.45, 7) is 8.55. The van der Waals surface area contributed by atoms with Gasteiger partial charge in [0.2, 0.25) is 0 Å². The zero-order valence-electron chi connectivity index (χ0n) is 15.9. The van der Waals surface area contributed by atoms with Crippen molar-refractivity contribution in [1.82, 2.24) is 9.55 Å². The molecular formula is C20H22BFN2O2S. The van der Waals surface area contributed by atoms with E-state index in [1.807, 2.05) is 51.4 Å². The molecule has 0 saturated carbocycles. The number of thiophene rings is 1. The van der Waals surface area contributed by atoms with Gasteiger partial charge in [0, 0.05) is 18.9 Å². The van der Waals surface area contributed by atoms with E-state index in [4.69, 9.17) is 9.31 Å². The van der Waals surface area contributed by atoms with Crippen LogP contribution in [0.15, 0.2) is 48.1 Å². The maximum atomic E-state index is 14.0. The molecule has 0 radical (unpaired) electrons. The standard InChI is InChI=1S/C20H22BFN2O2S/c1-19(2)20(3,4)26-21(25-19)16-12-15(22)8-7-14(16)13-24-10-9-23-18(24)17-6-5-11-27-17/h5-12H,13H2,1-4H3. The molecule has 27 heavy (non-hydrogen) atoms. The third kappa shape index (κ3) is 3.35. The van der Waals surface area contributed by atoms with Crippen molar-refractivity contribution in [2.75, 3.05) is 0 Å². The van der Waals surface area contributed by atoms with Gasteiger partial charge in [-0.1, -0.05) is 12.1 Å². The molecule has 0 unspecified atom stereocenters. The molecule has 0 aliphatic carbocycles. The summed E-state index contributed by atoms with van der Waals surface area (Å²) in [5, 5.41) is 2.03. The van der Waals surface area contributed by atoms with Crippen LogP contribution in [-0.4, -0.2) is 27.9 Å². The first kappa shape index (κ1) is 18.4. The van der Waals surface area contributed by atoms with Gasteiger partial charge < -0.3 is 13.9 Å². The fraction of sp³-hybridized carbons (Fsp3) is 0.350. The zero-order valence-corrected chi connectivity index (χ0v) is 16.7. The van der Waals surface area contributed by atoms with Crippen molar-refractivity contribution in [2.45, 2.75) is 45.4 Å². The zero-order chi connectivity index (χ0) is 19.2. The number of nitrogens with zero attached hydrogens (tertiary/aromatic N) is 2. The van der Waals surface area contributed by atoms with Gasteiger partial charge in [-0.2, -0.15) is 0 Å². The molecule has 1 aliphatic rings. The molecule has 2 aromatic heterocycles. The Morgan fingerprint density at radius 3 is 2.56 bits per heavy atom. The van der Waals surface area contributed by atoms with Crippen LogP contribution in [0.25, 0.3) is 10.7 Å². The van der Waals surface area contributed by atoms with Crippen LogP contribution in [0.4, 0.5) is 4.39 Å². The van der Waals surface area contributed by atoms with E-state index in [0.717, 1.165) is 21.7 Å². The Kier molecular flexibility index (Phi) is 4.49. The third-order valence-electron chi connectivity index (χ3n) is 5.41. The van der Waals surface area contributed by atoms with E-state index >= 15 is 0 Å². The van der Waals surface area contributed by atoms with E-state index in [1.54, 1.807) is 23.6 Å². The van der Waals surface area contributed by atoms with Gasteiger partial charge in [-0.05, 0) is 62.3 Å². The summed E-state index contributed by atoms with van der Waals surface area (Å²) >= 11 is 1.64. The predicted octanol–water partition coefficient (Wildman–Crippen LogP) is 4.10. The highest BCUT2D eigenvalue weighted by molar-refractivity contribution is 7.13. The molecule has 140 valence electrons. The smallest absolute Gasteiger partial charge is 0.399 e. The number of benzene rings is 1. The molecule has 0 bridgehead atoms. The lowest BCUT2D eigenvalue weighted by Crippen LogP contribution is -2.41. The van der Waals surface area contributed by atoms with Gasteiger partial charge in [-0.15, -0.1) is 11.3 Å². The van der Waals surface area contributed by atoms with Crippen molar-refractivity contribution in [3.63, 3.8) is 0 Å². The van der Waals surface area contributed by atoms with E-state index in [9.17, 15) is 4.39 Å². The lowest BCUT2D eigenvalue weighted by Gasteiger charge is -2.32. The maximum Gasteiger partial charge on any atom is 0.495 e. The Bertz CT molecular complexity index is 937. The van der Waals surface area contributed by atoms with Gasteiger partial charge in [-0.25, -0.2) is 9.37 Å². The highest BCUT2D eigenvalue weighted by Gasteiger charge is 2.52. The lowest BCUT2D eigenvalue weighted by atomic mass is 9.75. The Balaban J connectivity index is 1.69. The maximum absolute atomic E-state index is 14.0. The van der Waals surface area contributed by atoms with Gasteiger partial charge in [0.1, 0.15) is 11.6 Å². The molecule has 0 N–H and O–H groups in total. The Morgan fingerprint density at radius 2 is 1.89 bits per heavy atom. The van der Waals surface area contributed by atoms with Gasteiger partial charge in [0.25, 0.3) is 0 Å². The van der Waals surface area contributed by atoms with Crippen LogP contribution < -0.4 is 5.46 Å². The number of hydrogen-bond acceptors (Lipinski definition) is 4. The highest BCUT2D eigenvalue weighted by atomic mass is 32.1. The number of aromatic nitrogens is 2. The quantitative estimate of drug-likeness (QED) is 0.636. The van der Waals surface area contributed by atoms with Crippen LogP contribution in [-0.2, 0) is 15.9 Å². The third-order valence-corrected chi connectivity index (χ3v) is 6.28. The fourth-order valence-electron chi connectivity index (χ4n) is 3.15. The summed E-state index contributed by atoms with van der Waals surface area (Å²) in [5.41, 5.74) is 0.724. The first-order valence-electron chi connectivity index (χ1n) is 8.96. The second-order valence-electron chi connectivity index (χ2n) is 7.79. The molecule has 0 atom stereocenters. The van der Waals surface area contributed by atoms with Crippen LogP contribution in [0.3, 0.4) is 0 Å². The van der Waals surface area contributed by atoms with Crippen LogP contribution in [0.2, 0.25) is 0 Å². The van der Waals surface area contributed by atoms with E-state index in [-0.39, 0.29) is 5.82 Å². The van der Waals surface area contributed by atoms with E-state index in [1.165, 1.54) is 12.1 Å². The SMILES string of the molecule is CC1(C)OB(c2cc(F)ccc2Cn2ccnc2-c2cccs2)OC1(C)C. The van der Waals surface area contributed by atoms with E-state index in [2.05, 4.69) is 9.55 Å². The highest BCUT2D eigenvalue weighted by Crippen LogP contribution is 2.36. The minimum atomic E-state index is -0.602. The normalized spacial score (nSPS) is 18.2. The predicted molar refractivity (Wildman–Crippen MR) is 107 cm³/mol. The van der Waals surface area contributed by atoms with Crippen molar-refractivity contribution in [3.8, 4) is 10.7 Å². The van der Waals surface area contributed by atoms with E-state index in [0.29, 0.717) is 6.54 Å². The molecule has 1 fully saturated rings. The van der Waals surface area contributed by atoms with Crippen LogP contribution >= 0.6 is 11.3 Å². The van der Waals surface area contributed by atoms with Crippen molar-refractivity contribution in [2.24, 2.45) is 0 Å². The molecular weight excluding hydrogens is 362 g/mol. The minimum absolute atomic E-state index is 0.299. The largest absolute Gasteiger partial charge is 0.495 e. The van der Waals surface area contributed by atoms with Crippen LogP contribution in [0.1, 0.15) is 33.3 Å². The lowest BCUT2D eigenvalue weighted by molar-refractivity contribution is 0.00578. The molecule has 4 rings (SSSR count). The summed E-state index contributed by atoms with van der Waals surface area (Å²) in [6.07, 6.45) is 3.72. The van der Waals surface area contributed by atoms with E-state index < -0.39 is 18.3 Å². The first-order chi connectivity index (χ1) is 12.8. The summed E-state index contributed by atoms with van der Waals surface area (Å²) in [5.74, 6) is 0.599. The van der Waals surface area contributed by atoms with Crippen molar-refractivity contribution >= 4 is 23.9 Å². The van der Waals surface area contributed by atoms with Gasteiger partial charge in [-0.3, -0.25) is 0 Å². The van der Waals surface area contributed by atoms with Gasteiger partial charge in [0.05, 0.1) is 16.1 Å². The molecule has 4 nitrogen and oxygen atoms in total. The number of hydrogen-bond donors (Lipinski definition) is 0. The first-order valence-corrected chi connectivity index (χ1v) is 9.84. The van der Waals surface area contributed by atoms with Crippen LogP contribution in [0, 0.1) is 5.82 Å². The van der Waals surface area contributed by atoms with Crippen molar-refractivity contribution in [3.05, 3.63) is 59.5 Å². The minimum Gasteiger partial charge on any atom is -0.399 e. The summed E-state index contributed by atoms with van der Waals surface area (Å²) in [6, 6.07) is 8.84. The summed E-state index contributed by atoms with van der Waals surface area (Å²) in [7, 11) is -0.602. The number of halogens is 1. The molecule has 0 spiro atoms. The number of rotatable bonds is 4. The Morgan fingerprint density at radius 1 is 1.15 bits per heavy atom. The molecule has 1 aromatic carbocycles. The van der Waals surface area contributed by atoms with Gasteiger partial charge in [0.15, 0.2) is 0 Å². The molecule has 1 aliphatic heterocycles. The van der Waals surface area contributed by atoms with Crippen LogP contribution in [0.5, 0.6) is 0 Å². The summed E-state index contributed by atoms with van der Waals surface area (Å²) in [4.78, 5) is 5.58. The molecule has 1 saturated heterocycles. The average molecular weight is 384 g/mol. The second kappa shape index (κ2) is 6.58. The molecule has 3 heterocycles. The monoisotopic (exact) mass is 384 g/mol. The number of imidazole rings is 1. The van der Waals surface area contributed by atoms with Crippen molar-refractivity contribution in [1.29, 1.82) is 0 Å². The topological polar surface area (TPSA) is 36.3 Å². The molecule has 3 aromatic rings. The summed E-state index contributed by atoms with van der Waals surface area (Å²) < 4.78 is 28.4.